The van der Waals surface area contributed by atoms with E-state index in [1.165, 1.54) is 17.4 Å². The highest BCUT2D eigenvalue weighted by atomic mass is 79.9. The van der Waals surface area contributed by atoms with Gasteiger partial charge in [-0.25, -0.2) is 14.4 Å². The Kier molecular flexibility index (Phi) is 2.60. The van der Waals surface area contributed by atoms with Crippen molar-refractivity contribution in [1.29, 1.82) is 0 Å². The number of thiazole rings is 1. The highest BCUT2D eigenvalue weighted by molar-refractivity contribution is 9.10. The summed E-state index contributed by atoms with van der Waals surface area (Å²) >= 11 is 4.50. The van der Waals surface area contributed by atoms with Crippen molar-refractivity contribution in [2.45, 2.75) is 6.92 Å². The van der Waals surface area contributed by atoms with Gasteiger partial charge in [0.15, 0.2) is 11.0 Å². The molecule has 0 amide bonds. The van der Waals surface area contributed by atoms with Crippen molar-refractivity contribution < 1.29 is 4.39 Å². The van der Waals surface area contributed by atoms with Crippen LogP contribution < -0.4 is 5.73 Å². The van der Waals surface area contributed by atoms with E-state index in [9.17, 15) is 4.39 Å². The summed E-state index contributed by atoms with van der Waals surface area (Å²) in [6.07, 6.45) is 0. The summed E-state index contributed by atoms with van der Waals surface area (Å²) < 4.78 is 13.8. The van der Waals surface area contributed by atoms with Crippen molar-refractivity contribution in [3.8, 4) is 10.7 Å². The zero-order valence-electron chi connectivity index (χ0n) is 9.29. The maximum atomic E-state index is 13.4. The largest absolute Gasteiger partial charge is 0.375 e. The number of nitrogen functional groups attached to an aromatic ring is 1. The molecule has 0 aliphatic heterocycles. The van der Waals surface area contributed by atoms with Gasteiger partial charge in [-0.2, -0.15) is 0 Å². The molecular formula is C11H8BrFN4S. The van der Waals surface area contributed by atoms with Gasteiger partial charge in [-0.1, -0.05) is 11.3 Å². The number of benzene rings is 1. The molecule has 1 aromatic carbocycles. The number of aromatic nitrogens is 3. The average molecular weight is 327 g/mol. The zero-order valence-corrected chi connectivity index (χ0v) is 11.7. The van der Waals surface area contributed by atoms with E-state index in [-0.39, 0.29) is 5.82 Å². The standard InChI is InChI=1S/C11H8BrFN4S/c1-4-9(18-11(14)15-4)10-16-7-2-5(12)6(13)3-8(7)17-10/h2-3H,1H3,(H2,14,15)(H,16,17). The van der Waals surface area contributed by atoms with Crippen LogP contribution in [0.2, 0.25) is 0 Å². The molecule has 0 saturated carbocycles. The number of nitrogens with zero attached hydrogens (tertiary/aromatic N) is 2. The van der Waals surface area contributed by atoms with E-state index < -0.39 is 0 Å². The molecule has 0 aliphatic carbocycles. The van der Waals surface area contributed by atoms with Crippen LogP contribution in [0.5, 0.6) is 0 Å². The molecule has 3 aromatic rings. The Hall–Kier alpha value is -1.47. The van der Waals surface area contributed by atoms with E-state index >= 15 is 0 Å². The number of imidazole rings is 1. The third kappa shape index (κ3) is 1.79. The van der Waals surface area contributed by atoms with Gasteiger partial charge in [-0.05, 0) is 28.9 Å². The number of aromatic amines is 1. The quantitative estimate of drug-likeness (QED) is 0.719. The summed E-state index contributed by atoms with van der Waals surface area (Å²) in [5.41, 5.74) is 7.82. The summed E-state index contributed by atoms with van der Waals surface area (Å²) in [5.74, 6) is 0.340. The minimum atomic E-state index is -0.321. The fraction of sp³-hybridized carbons (Fsp3) is 0.0909. The van der Waals surface area contributed by atoms with Gasteiger partial charge in [0.1, 0.15) is 5.82 Å². The molecule has 0 aliphatic rings. The molecule has 0 unspecified atom stereocenters. The molecule has 2 heterocycles. The molecule has 92 valence electrons. The number of fused-ring (bicyclic) bond motifs is 1. The molecule has 4 nitrogen and oxygen atoms in total. The summed E-state index contributed by atoms with van der Waals surface area (Å²) in [6, 6.07) is 3.06. The monoisotopic (exact) mass is 326 g/mol. The fourth-order valence-corrected chi connectivity index (χ4v) is 2.86. The number of hydrogen-bond acceptors (Lipinski definition) is 4. The molecule has 7 heteroatoms. The second kappa shape index (κ2) is 4.03. The third-order valence-electron chi connectivity index (χ3n) is 2.55. The van der Waals surface area contributed by atoms with Crippen molar-refractivity contribution in [2.24, 2.45) is 0 Å². The van der Waals surface area contributed by atoms with Crippen molar-refractivity contribution in [3.63, 3.8) is 0 Å². The highest BCUT2D eigenvalue weighted by Crippen LogP contribution is 2.31. The Morgan fingerprint density at radius 2 is 2.17 bits per heavy atom. The number of nitrogens with one attached hydrogen (secondary N) is 1. The second-order valence-corrected chi connectivity index (χ2v) is 5.72. The molecule has 0 atom stereocenters. The molecular weight excluding hydrogens is 319 g/mol. The summed E-state index contributed by atoms with van der Waals surface area (Å²) in [4.78, 5) is 12.5. The maximum absolute atomic E-state index is 13.4. The van der Waals surface area contributed by atoms with E-state index in [1.54, 1.807) is 6.07 Å². The average Bonchev–Trinajstić information content (AvgIpc) is 2.82. The first-order valence-corrected chi connectivity index (χ1v) is 6.73. The van der Waals surface area contributed by atoms with Crippen LogP contribution in [-0.4, -0.2) is 15.0 Å². The maximum Gasteiger partial charge on any atom is 0.180 e. The lowest BCUT2D eigenvalue weighted by Crippen LogP contribution is -1.81. The highest BCUT2D eigenvalue weighted by Gasteiger charge is 2.13. The Balaban J connectivity index is 2.22. The van der Waals surface area contributed by atoms with E-state index in [0.717, 1.165) is 10.6 Å². The minimum Gasteiger partial charge on any atom is -0.375 e. The molecule has 0 radical (unpaired) electrons. The Labute approximate surface area is 114 Å². The van der Waals surface area contributed by atoms with E-state index in [1.807, 2.05) is 6.92 Å². The van der Waals surface area contributed by atoms with Crippen molar-refractivity contribution in [3.05, 3.63) is 28.1 Å². The third-order valence-corrected chi connectivity index (χ3v) is 4.15. The van der Waals surface area contributed by atoms with Crippen LogP contribution >= 0.6 is 27.3 Å². The van der Waals surface area contributed by atoms with Gasteiger partial charge < -0.3 is 10.7 Å². The van der Waals surface area contributed by atoms with E-state index in [2.05, 4.69) is 30.9 Å². The van der Waals surface area contributed by atoms with Gasteiger partial charge in [0.25, 0.3) is 0 Å². The first kappa shape index (κ1) is 11.6. The topological polar surface area (TPSA) is 67.6 Å². The molecule has 0 spiro atoms. The summed E-state index contributed by atoms with van der Waals surface area (Å²) in [7, 11) is 0. The van der Waals surface area contributed by atoms with Crippen LogP contribution in [0, 0.1) is 12.7 Å². The normalized spacial score (nSPS) is 11.3. The van der Waals surface area contributed by atoms with Crippen molar-refractivity contribution in [1.82, 2.24) is 15.0 Å². The predicted molar refractivity (Wildman–Crippen MR) is 74.0 cm³/mol. The van der Waals surface area contributed by atoms with Gasteiger partial charge in [0.2, 0.25) is 0 Å². The van der Waals surface area contributed by atoms with Gasteiger partial charge in [0, 0.05) is 6.07 Å². The summed E-state index contributed by atoms with van der Waals surface area (Å²) in [6.45, 7) is 1.87. The van der Waals surface area contributed by atoms with Crippen LogP contribution in [0.15, 0.2) is 16.6 Å². The van der Waals surface area contributed by atoms with Gasteiger partial charge in [0.05, 0.1) is 26.1 Å². The van der Waals surface area contributed by atoms with Crippen molar-refractivity contribution in [2.75, 3.05) is 5.73 Å². The number of halogens is 2. The number of aryl methyl sites for hydroxylation is 1. The minimum absolute atomic E-state index is 0.321. The zero-order chi connectivity index (χ0) is 12.9. The number of anilines is 1. The SMILES string of the molecule is Cc1nc(N)sc1-c1nc2cc(Br)c(F)cc2[nH]1. The molecule has 0 bridgehead atoms. The van der Waals surface area contributed by atoms with Gasteiger partial charge >= 0.3 is 0 Å². The van der Waals surface area contributed by atoms with Crippen LogP contribution in [0.1, 0.15) is 5.69 Å². The number of rotatable bonds is 1. The van der Waals surface area contributed by atoms with Gasteiger partial charge in [-0.3, -0.25) is 0 Å². The molecule has 3 rings (SSSR count). The Morgan fingerprint density at radius 1 is 1.39 bits per heavy atom. The lowest BCUT2D eigenvalue weighted by Gasteiger charge is -1.92. The second-order valence-electron chi connectivity index (χ2n) is 3.84. The Bertz CT molecular complexity index is 710. The van der Waals surface area contributed by atoms with E-state index in [0.29, 0.717) is 26.5 Å². The molecule has 18 heavy (non-hydrogen) atoms. The number of nitrogens with two attached hydrogens (primary N) is 1. The lowest BCUT2D eigenvalue weighted by atomic mass is 10.3. The molecule has 3 N–H and O–H groups in total. The first-order chi connectivity index (χ1) is 8.54. The predicted octanol–water partition coefficient (Wildman–Crippen LogP) is 3.48. The Morgan fingerprint density at radius 3 is 2.83 bits per heavy atom. The van der Waals surface area contributed by atoms with Crippen LogP contribution in [0.3, 0.4) is 0 Å². The molecule has 2 aromatic heterocycles. The van der Waals surface area contributed by atoms with E-state index in [4.69, 9.17) is 5.73 Å². The number of H-pyrrole nitrogens is 1. The smallest absolute Gasteiger partial charge is 0.180 e. The lowest BCUT2D eigenvalue weighted by molar-refractivity contribution is 0.623. The molecule has 0 fully saturated rings. The fourth-order valence-electron chi connectivity index (χ4n) is 1.75. The molecule has 0 saturated heterocycles. The van der Waals surface area contributed by atoms with Crippen LogP contribution in [-0.2, 0) is 0 Å². The number of hydrogen-bond donors (Lipinski definition) is 2. The van der Waals surface area contributed by atoms with Crippen LogP contribution in [0.25, 0.3) is 21.7 Å². The van der Waals surface area contributed by atoms with Gasteiger partial charge in [-0.15, -0.1) is 0 Å². The summed E-state index contributed by atoms with van der Waals surface area (Å²) in [5, 5.41) is 0.496. The first-order valence-electron chi connectivity index (χ1n) is 5.12. The van der Waals surface area contributed by atoms with Crippen LogP contribution in [0.4, 0.5) is 9.52 Å². The van der Waals surface area contributed by atoms with Crippen molar-refractivity contribution >= 4 is 43.4 Å².